The second-order valence-corrected chi connectivity index (χ2v) is 7.17. The summed E-state index contributed by atoms with van der Waals surface area (Å²) in [6.07, 6.45) is 7.11. The number of nitro benzene ring substituents is 1. The van der Waals surface area contributed by atoms with E-state index in [0.717, 1.165) is 31.4 Å². The van der Waals surface area contributed by atoms with E-state index in [9.17, 15) is 14.9 Å². The largest absolute Gasteiger partial charge is 0.371 e. The van der Waals surface area contributed by atoms with E-state index in [1.54, 1.807) is 18.3 Å². The maximum Gasteiger partial charge on any atom is 0.293 e. The van der Waals surface area contributed by atoms with Gasteiger partial charge in [-0.1, -0.05) is 25.3 Å². The summed E-state index contributed by atoms with van der Waals surface area (Å²) >= 11 is 0. The number of hydrogen-bond acceptors (Lipinski definition) is 5. The zero-order chi connectivity index (χ0) is 19.9. The van der Waals surface area contributed by atoms with Crippen molar-refractivity contribution < 1.29 is 9.72 Å². The smallest absolute Gasteiger partial charge is 0.293 e. The minimum absolute atomic E-state index is 0.0966. The number of carbonyl (C=O) groups excluding carboxylic acids is 1. The number of aromatic nitrogens is 1. The van der Waals surface area contributed by atoms with Gasteiger partial charge in [0, 0.05) is 30.9 Å². The summed E-state index contributed by atoms with van der Waals surface area (Å²) in [4.78, 5) is 30.1. The van der Waals surface area contributed by atoms with Gasteiger partial charge in [0.2, 0.25) is 0 Å². The number of nitrogens with one attached hydrogen (secondary N) is 1. The zero-order valence-corrected chi connectivity index (χ0v) is 16.1. The molecule has 7 nitrogen and oxygen atoms in total. The van der Waals surface area contributed by atoms with Gasteiger partial charge < -0.3 is 10.2 Å². The predicted octanol–water partition coefficient (Wildman–Crippen LogP) is 4.57. The molecule has 1 amide bonds. The van der Waals surface area contributed by atoms with Crippen LogP contribution in [0, 0.1) is 10.1 Å². The van der Waals surface area contributed by atoms with Gasteiger partial charge in [0.15, 0.2) is 0 Å². The van der Waals surface area contributed by atoms with E-state index < -0.39 is 4.92 Å². The van der Waals surface area contributed by atoms with Crippen LogP contribution in [0.15, 0.2) is 42.6 Å². The number of likely N-dealkylation sites (tertiary alicyclic amines) is 1. The first-order chi connectivity index (χ1) is 13.6. The standard InChI is InChI=1S/C21H26N4O3/c1-16(18-9-5-6-12-22-18)23-19-11-10-17(15-20(19)25(27)28)21(26)24-13-7-3-2-4-8-14-24/h5-6,9-12,15-16,23H,2-4,7-8,13-14H2,1H3/t16-/m1/s1. The number of benzene rings is 1. The lowest BCUT2D eigenvalue weighted by molar-refractivity contribution is -0.384. The molecule has 0 spiro atoms. The van der Waals surface area contributed by atoms with Gasteiger partial charge >= 0.3 is 0 Å². The van der Waals surface area contributed by atoms with Gasteiger partial charge in [0.25, 0.3) is 11.6 Å². The molecule has 0 aliphatic carbocycles. The van der Waals surface area contributed by atoms with Gasteiger partial charge in [-0.15, -0.1) is 0 Å². The van der Waals surface area contributed by atoms with Gasteiger partial charge in [0.05, 0.1) is 16.7 Å². The van der Waals surface area contributed by atoms with Gasteiger partial charge in [0.1, 0.15) is 5.69 Å². The maximum atomic E-state index is 12.9. The Kier molecular flexibility index (Phi) is 6.57. The van der Waals surface area contributed by atoms with Crippen LogP contribution in [-0.4, -0.2) is 33.8 Å². The van der Waals surface area contributed by atoms with Crippen LogP contribution in [0.1, 0.15) is 61.1 Å². The average Bonchev–Trinajstić information content (AvgIpc) is 2.68. The number of nitrogens with zero attached hydrogens (tertiary/aromatic N) is 3. The lowest BCUT2D eigenvalue weighted by atomic mass is 10.1. The fraction of sp³-hybridized carbons (Fsp3) is 0.429. The maximum absolute atomic E-state index is 12.9. The number of amides is 1. The Bertz CT molecular complexity index is 818. The SMILES string of the molecule is C[C@@H](Nc1ccc(C(=O)N2CCCCCCC2)cc1[N+](=O)[O-])c1ccccn1. The van der Waals surface area contributed by atoms with E-state index in [4.69, 9.17) is 0 Å². The van der Waals surface area contributed by atoms with Crippen molar-refractivity contribution in [3.63, 3.8) is 0 Å². The Balaban J connectivity index is 1.80. The van der Waals surface area contributed by atoms with Gasteiger partial charge in [-0.25, -0.2) is 0 Å². The number of carbonyl (C=O) groups is 1. The van der Waals surface area contributed by atoms with Crippen molar-refractivity contribution in [1.29, 1.82) is 0 Å². The molecule has 1 atom stereocenters. The van der Waals surface area contributed by atoms with Crippen LogP contribution in [0.4, 0.5) is 11.4 Å². The molecule has 2 heterocycles. The molecule has 3 rings (SSSR count). The molecule has 0 bridgehead atoms. The van der Waals surface area contributed by atoms with Gasteiger partial charge in [-0.05, 0) is 44.0 Å². The summed E-state index contributed by atoms with van der Waals surface area (Å²) in [6.45, 7) is 3.32. The summed E-state index contributed by atoms with van der Waals surface area (Å²) in [7, 11) is 0. The Morgan fingerprint density at radius 1 is 1.14 bits per heavy atom. The highest BCUT2D eigenvalue weighted by Crippen LogP contribution is 2.29. The lowest BCUT2D eigenvalue weighted by Gasteiger charge is -2.25. The van der Waals surface area contributed by atoms with Crippen molar-refractivity contribution >= 4 is 17.3 Å². The molecule has 1 saturated heterocycles. The average molecular weight is 382 g/mol. The van der Waals surface area contributed by atoms with Crippen LogP contribution in [0.3, 0.4) is 0 Å². The highest BCUT2D eigenvalue weighted by Gasteiger charge is 2.22. The van der Waals surface area contributed by atoms with Gasteiger partial charge in [-0.2, -0.15) is 0 Å². The molecule has 1 aliphatic heterocycles. The third-order valence-corrected chi connectivity index (χ3v) is 5.09. The summed E-state index contributed by atoms with van der Waals surface area (Å²) < 4.78 is 0. The van der Waals surface area contributed by atoms with E-state index in [0.29, 0.717) is 24.3 Å². The molecule has 0 saturated carbocycles. The van der Waals surface area contributed by atoms with Crippen molar-refractivity contribution in [1.82, 2.24) is 9.88 Å². The van der Waals surface area contributed by atoms with Gasteiger partial charge in [-0.3, -0.25) is 19.9 Å². The summed E-state index contributed by atoms with van der Waals surface area (Å²) in [5.74, 6) is -0.130. The first-order valence-electron chi connectivity index (χ1n) is 9.81. The molecule has 0 radical (unpaired) electrons. The first kappa shape index (κ1) is 19.8. The molecule has 28 heavy (non-hydrogen) atoms. The molecule has 1 fully saturated rings. The molecule has 7 heteroatoms. The number of hydrogen-bond donors (Lipinski definition) is 1. The Hall–Kier alpha value is -2.96. The predicted molar refractivity (Wildman–Crippen MR) is 108 cm³/mol. The molecule has 1 aliphatic rings. The van der Waals surface area contributed by atoms with E-state index >= 15 is 0 Å². The van der Waals surface area contributed by atoms with E-state index in [-0.39, 0.29) is 17.6 Å². The molecule has 148 valence electrons. The summed E-state index contributed by atoms with van der Waals surface area (Å²) in [5, 5.41) is 14.8. The Morgan fingerprint density at radius 2 is 1.86 bits per heavy atom. The highest BCUT2D eigenvalue weighted by atomic mass is 16.6. The number of anilines is 1. The topological polar surface area (TPSA) is 88.4 Å². The second-order valence-electron chi connectivity index (χ2n) is 7.17. The molecule has 0 unspecified atom stereocenters. The van der Waals surface area contributed by atoms with E-state index in [1.807, 2.05) is 30.0 Å². The van der Waals surface area contributed by atoms with Crippen molar-refractivity contribution in [3.8, 4) is 0 Å². The third-order valence-electron chi connectivity index (χ3n) is 5.09. The van der Waals surface area contributed by atoms with Crippen LogP contribution in [0.2, 0.25) is 0 Å². The highest BCUT2D eigenvalue weighted by molar-refractivity contribution is 5.95. The number of pyridine rings is 1. The van der Waals surface area contributed by atoms with Crippen molar-refractivity contribution in [2.75, 3.05) is 18.4 Å². The second kappa shape index (κ2) is 9.30. The fourth-order valence-corrected chi connectivity index (χ4v) is 3.51. The van der Waals surface area contributed by atoms with E-state index in [2.05, 4.69) is 10.3 Å². The van der Waals surface area contributed by atoms with Crippen LogP contribution in [0.5, 0.6) is 0 Å². The molecule has 2 aromatic rings. The van der Waals surface area contributed by atoms with Crippen molar-refractivity contribution in [3.05, 3.63) is 64.0 Å². The Labute approximate surface area is 164 Å². The molecule has 1 N–H and O–H groups in total. The molecule has 1 aromatic heterocycles. The van der Waals surface area contributed by atoms with E-state index in [1.165, 1.54) is 12.5 Å². The zero-order valence-electron chi connectivity index (χ0n) is 16.1. The molecular formula is C21H26N4O3. The monoisotopic (exact) mass is 382 g/mol. The normalized spacial score (nSPS) is 16.0. The van der Waals surface area contributed by atoms with Crippen molar-refractivity contribution in [2.24, 2.45) is 0 Å². The third kappa shape index (κ3) is 4.85. The number of rotatable bonds is 5. The molecule has 1 aromatic carbocycles. The van der Waals surface area contributed by atoms with Crippen LogP contribution in [-0.2, 0) is 0 Å². The quantitative estimate of drug-likeness (QED) is 0.604. The Morgan fingerprint density at radius 3 is 2.50 bits per heavy atom. The fourth-order valence-electron chi connectivity index (χ4n) is 3.51. The van der Waals surface area contributed by atoms with Crippen LogP contribution < -0.4 is 5.32 Å². The first-order valence-corrected chi connectivity index (χ1v) is 9.81. The molecular weight excluding hydrogens is 356 g/mol. The number of nitro groups is 1. The van der Waals surface area contributed by atoms with Crippen LogP contribution >= 0.6 is 0 Å². The van der Waals surface area contributed by atoms with Crippen molar-refractivity contribution in [2.45, 2.75) is 45.1 Å². The van der Waals surface area contributed by atoms with Crippen LogP contribution in [0.25, 0.3) is 0 Å². The lowest BCUT2D eigenvalue weighted by Crippen LogP contribution is -2.33. The summed E-state index contributed by atoms with van der Waals surface area (Å²) in [5.41, 5.74) is 1.44. The summed E-state index contributed by atoms with van der Waals surface area (Å²) in [6, 6.07) is 10.0. The minimum Gasteiger partial charge on any atom is -0.371 e. The minimum atomic E-state index is -0.447.